The maximum absolute atomic E-state index is 9.17. The number of oxime groups is 1. The van der Waals surface area contributed by atoms with Gasteiger partial charge in [0.2, 0.25) is 0 Å². The van der Waals surface area contributed by atoms with Gasteiger partial charge >= 0.3 is 0 Å². The molecule has 0 unspecified atom stereocenters. The normalized spacial score (nSPS) is 11.5. The molecule has 3 nitrogen and oxygen atoms in total. The van der Waals surface area contributed by atoms with E-state index >= 15 is 0 Å². The molecule has 4 heteroatoms. The fraction of sp³-hybridized carbons (Fsp3) is 0. The van der Waals surface area contributed by atoms with Gasteiger partial charge in [0.15, 0.2) is 0 Å². The van der Waals surface area contributed by atoms with Gasteiger partial charge in [0.25, 0.3) is 0 Å². The van der Waals surface area contributed by atoms with Crippen LogP contribution in [0.4, 0.5) is 5.69 Å². The van der Waals surface area contributed by atoms with Crippen LogP contribution in [0.2, 0.25) is 0 Å². The molecule has 86 valence electrons. The Morgan fingerprint density at radius 1 is 1.12 bits per heavy atom. The van der Waals surface area contributed by atoms with Gasteiger partial charge in [-0.15, -0.1) is 0 Å². The zero-order valence-electron chi connectivity index (χ0n) is 8.97. The Kier molecular flexibility index (Phi) is 3.44. The van der Waals surface area contributed by atoms with Gasteiger partial charge in [-0.25, -0.2) is 0 Å². The van der Waals surface area contributed by atoms with E-state index in [1.165, 1.54) is 0 Å². The second-order valence-corrected chi connectivity index (χ2v) is 4.46. The molecule has 0 fully saturated rings. The van der Waals surface area contributed by atoms with Crippen molar-refractivity contribution in [2.45, 2.75) is 0 Å². The van der Waals surface area contributed by atoms with E-state index in [-0.39, 0.29) is 0 Å². The number of nitrogens with zero attached hydrogens (tertiary/aromatic N) is 1. The first kappa shape index (κ1) is 11.7. The summed E-state index contributed by atoms with van der Waals surface area (Å²) in [6, 6.07) is 14.9. The predicted molar refractivity (Wildman–Crippen MR) is 72.4 cm³/mol. The molecular formula is C13H11BrN2O. The number of nitrogen functional groups attached to an aromatic ring is 1. The number of hydrogen-bond acceptors (Lipinski definition) is 3. The first-order chi connectivity index (χ1) is 8.22. The average Bonchev–Trinajstić information content (AvgIpc) is 2.36. The average molecular weight is 291 g/mol. The third kappa shape index (κ3) is 2.47. The highest BCUT2D eigenvalue weighted by atomic mass is 79.9. The van der Waals surface area contributed by atoms with Crippen LogP contribution in [0.1, 0.15) is 11.1 Å². The van der Waals surface area contributed by atoms with E-state index in [1.54, 1.807) is 6.07 Å². The molecule has 0 radical (unpaired) electrons. The number of hydrogen-bond donors (Lipinski definition) is 2. The van der Waals surface area contributed by atoms with Crippen molar-refractivity contribution in [3.8, 4) is 0 Å². The third-order valence-corrected chi connectivity index (χ3v) is 2.91. The second kappa shape index (κ2) is 5.01. The maximum atomic E-state index is 9.17. The minimum Gasteiger partial charge on any atom is -0.410 e. The van der Waals surface area contributed by atoms with Crippen molar-refractivity contribution in [2.75, 3.05) is 5.73 Å². The molecule has 0 aliphatic carbocycles. The van der Waals surface area contributed by atoms with Crippen LogP contribution in [0.5, 0.6) is 0 Å². The van der Waals surface area contributed by atoms with Gasteiger partial charge in [0.05, 0.1) is 0 Å². The summed E-state index contributed by atoms with van der Waals surface area (Å²) in [5.41, 5.74) is 8.45. The molecule has 0 spiro atoms. The molecular weight excluding hydrogens is 280 g/mol. The van der Waals surface area contributed by atoms with Crippen LogP contribution in [-0.4, -0.2) is 10.9 Å². The minimum atomic E-state index is 0.462. The molecule has 2 aromatic rings. The summed E-state index contributed by atoms with van der Waals surface area (Å²) in [6.07, 6.45) is 0. The molecule has 3 N–H and O–H groups in total. The van der Waals surface area contributed by atoms with E-state index in [4.69, 9.17) is 10.9 Å². The van der Waals surface area contributed by atoms with Gasteiger partial charge < -0.3 is 10.9 Å². The lowest BCUT2D eigenvalue weighted by atomic mass is 10.0. The fourth-order valence-corrected chi connectivity index (χ4v) is 1.96. The standard InChI is InChI=1S/C13H11BrN2O/c14-10-6-7-12(15)11(8-10)13(16-17)9-4-2-1-3-5-9/h1-8,17H,15H2/b16-13+. The van der Waals surface area contributed by atoms with Crippen molar-refractivity contribution in [2.24, 2.45) is 5.16 Å². The molecule has 17 heavy (non-hydrogen) atoms. The van der Waals surface area contributed by atoms with Crippen LogP contribution < -0.4 is 5.73 Å². The molecule has 0 amide bonds. The van der Waals surface area contributed by atoms with Crippen LogP contribution in [0.15, 0.2) is 58.2 Å². The first-order valence-electron chi connectivity index (χ1n) is 5.05. The smallest absolute Gasteiger partial charge is 0.119 e. The highest BCUT2D eigenvalue weighted by Crippen LogP contribution is 2.22. The number of rotatable bonds is 2. The third-order valence-electron chi connectivity index (χ3n) is 2.42. The number of halogens is 1. The number of anilines is 1. The summed E-state index contributed by atoms with van der Waals surface area (Å²) < 4.78 is 0.888. The van der Waals surface area contributed by atoms with Crippen molar-refractivity contribution in [3.63, 3.8) is 0 Å². The van der Waals surface area contributed by atoms with Crippen LogP contribution in [-0.2, 0) is 0 Å². The largest absolute Gasteiger partial charge is 0.410 e. The lowest BCUT2D eigenvalue weighted by Gasteiger charge is -2.08. The van der Waals surface area contributed by atoms with Gasteiger partial charge in [-0.05, 0) is 18.2 Å². The van der Waals surface area contributed by atoms with E-state index in [0.717, 1.165) is 10.0 Å². The Hall–Kier alpha value is -1.81. The highest BCUT2D eigenvalue weighted by Gasteiger charge is 2.11. The summed E-state index contributed by atoms with van der Waals surface area (Å²) in [5.74, 6) is 0. The van der Waals surface area contributed by atoms with Crippen LogP contribution in [0, 0.1) is 0 Å². The van der Waals surface area contributed by atoms with E-state index in [0.29, 0.717) is 17.0 Å². The molecule has 0 bridgehead atoms. The number of nitrogens with two attached hydrogens (primary N) is 1. The van der Waals surface area contributed by atoms with Crippen molar-refractivity contribution in [1.29, 1.82) is 0 Å². The van der Waals surface area contributed by atoms with Crippen molar-refractivity contribution in [1.82, 2.24) is 0 Å². The van der Waals surface area contributed by atoms with Crippen LogP contribution in [0.3, 0.4) is 0 Å². The highest BCUT2D eigenvalue weighted by molar-refractivity contribution is 9.10. The predicted octanol–water partition coefficient (Wildman–Crippen LogP) is 3.26. The Morgan fingerprint density at radius 2 is 1.82 bits per heavy atom. The van der Waals surface area contributed by atoms with Gasteiger partial charge in [-0.1, -0.05) is 51.4 Å². The maximum Gasteiger partial charge on any atom is 0.119 e. The fourth-order valence-electron chi connectivity index (χ4n) is 1.60. The molecule has 0 saturated heterocycles. The van der Waals surface area contributed by atoms with E-state index in [2.05, 4.69) is 21.1 Å². The molecule has 0 saturated carbocycles. The molecule has 2 aromatic carbocycles. The topological polar surface area (TPSA) is 58.6 Å². The lowest BCUT2D eigenvalue weighted by Crippen LogP contribution is -2.06. The minimum absolute atomic E-state index is 0.462. The Balaban J connectivity index is 2.54. The van der Waals surface area contributed by atoms with E-state index < -0.39 is 0 Å². The van der Waals surface area contributed by atoms with E-state index in [9.17, 15) is 0 Å². The van der Waals surface area contributed by atoms with Crippen LogP contribution >= 0.6 is 15.9 Å². The molecule has 0 aliphatic rings. The van der Waals surface area contributed by atoms with Gasteiger partial charge in [-0.3, -0.25) is 0 Å². The monoisotopic (exact) mass is 290 g/mol. The van der Waals surface area contributed by atoms with Crippen molar-refractivity contribution >= 4 is 27.3 Å². The quantitative estimate of drug-likeness (QED) is 0.386. The van der Waals surface area contributed by atoms with Crippen molar-refractivity contribution < 1.29 is 5.21 Å². The lowest BCUT2D eigenvalue weighted by molar-refractivity contribution is 0.319. The molecule has 0 heterocycles. The number of benzene rings is 2. The zero-order valence-corrected chi connectivity index (χ0v) is 10.6. The zero-order chi connectivity index (χ0) is 12.3. The van der Waals surface area contributed by atoms with Crippen LogP contribution in [0.25, 0.3) is 0 Å². The first-order valence-corrected chi connectivity index (χ1v) is 5.84. The molecule has 2 rings (SSSR count). The summed E-state index contributed by atoms with van der Waals surface area (Å²) in [6.45, 7) is 0. The summed E-state index contributed by atoms with van der Waals surface area (Å²) >= 11 is 3.37. The molecule has 0 aliphatic heterocycles. The Bertz CT molecular complexity index is 553. The van der Waals surface area contributed by atoms with Gasteiger partial charge in [0.1, 0.15) is 5.71 Å². The van der Waals surface area contributed by atoms with E-state index in [1.807, 2.05) is 42.5 Å². The SMILES string of the molecule is Nc1ccc(Br)cc1/C(=N/O)c1ccccc1. The van der Waals surface area contributed by atoms with Gasteiger partial charge in [0, 0.05) is 21.3 Å². The summed E-state index contributed by atoms with van der Waals surface area (Å²) in [7, 11) is 0. The summed E-state index contributed by atoms with van der Waals surface area (Å²) in [5, 5.41) is 12.5. The molecule has 0 aromatic heterocycles. The second-order valence-electron chi connectivity index (χ2n) is 3.55. The van der Waals surface area contributed by atoms with Crippen molar-refractivity contribution in [3.05, 3.63) is 64.1 Å². The summed E-state index contributed by atoms with van der Waals surface area (Å²) in [4.78, 5) is 0. The van der Waals surface area contributed by atoms with Gasteiger partial charge in [-0.2, -0.15) is 0 Å². The Labute approximate surface area is 108 Å². The Morgan fingerprint density at radius 3 is 2.47 bits per heavy atom. The molecule has 0 atom stereocenters.